The van der Waals surface area contributed by atoms with E-state index in [4.69, 9.17) is 4.74 Å². The van der Waals surface area contributed by atoms with E-state index in [-0.39, 0.29) is 24.7 Å². The van der Waals surface area contributed by atoms with Gasteiger partial charge in [-0.1, -0.05) is 48.5 Å². The van der Waals surface area contributed by atoms with Gasteiger partial charge in [0.1, 0.15) is 5.75 Å². The first-order valence-electron chi connectivity index (χ1n) is 12.1. The molecule has 0 spiro atoms. The number of hydrogen-bond donors (Lipinski definition) is 1. The minimum Gasteiger partial charge on any atom is -0.496 e. The lowest BCUT2D eigenvalue weighted by molar-refractivity contribution is -0.137. The fourth-order valence-electron chi connectivity index (χ4n) is 4.74. The summed E-state index contributed by atoms with van der Waals surface area (Å²) >= 11 is 0. The van der Waals surface area contributed by atoms with Crippen LogP contribution in [0.25, 0.3) is 0 Å². The van der Waals surface area contributed by atoms with Crippen LogP contribution in [0.4, 0.5) is 0 Å². The summed E-state index contributed by atoms with van der Waals surface area (Å²) in [5, 5.41) is 2.92. The zero-order valence-electron chi connectivity index (χ0n) is 19.5. The van der Waals surface area contributed by atoms with E-state index in [1.165, 1.54) is 5.56 Å². The number of benzene rings is 2. The van der Waals surface area contributed by atoms with Gasteiger partial charge in [0.05, 0.1) is 7.11 Å². The smallest absolute Gasteiger partial charge is 0.223 e. The van der Waals surface area contributed by atoms with E-state index in [0.717, 1.165) is 56.6 Å². The van der Waals surface area contributed by atoms with Gasteiger partial charge >= 0.3 is 0 Å². The van der Waals surface area contributed by atoms with Gasteiger partial charge in [0.2, 0.25) is 11.8 Å². The number of methoxy groups -OCH3 is 1. The van der Waals surface area contributed by atoms with Gasteiger partial charge < -0.3 is 15.0 Å². The summed E-state index contributed by atoms with van der Waals surface area (Å²) in [4.78, 5) is 30.1. The summed E-state index contributed by atoms with van der Waals surface area (Å²) < 4.78 is 5.33. The number of amides is 2. The van der Waals surface area contributed by atoms with Crippen molar-refractivity contribution >= 4 is 11.8 Å². The molecule has 0 unspecified atom stereocenters. The van der Waals surface area contributed by atoms with E-state index in [2.05, 4.69) is 39.4 Å². The number of hydrogen-bond acceptors (Lipinski definition) is 4. The lowest BCUT2D eigenvalue weighted by atomic mass is 10.0. The molecule has 1 aliphatic carbocycles. The Morgan fingerprint density at radius 1 is 0.939 bits per heavy atom. The molecule has 1 heterocycles. The SMILES string of the molecule is COc1ccccc1CNC(=O)CCC(=O)N(C1CC1)C1CCN(Cc2ccccc2)CC1. The van der Waals surface area contributed by atoms with E-state index in [9.17, 15) is 9.59 Å². The number of likely N-dealkylation sites (tertiary alicyclic amines) is 1. The Balaban J connectivity index is 1.23. The number of carbonyl (C=O) groups is 2. The molecule has 33 heavy (non-hydrogen) atoms. The van der Waals surface area contributed by atoms with Crippen LogP contribution < -0.4 is 10.1 Å². The van der Waals surface area contributed by atoms with Crippen molar-refractivity contribution in [1.82, 2.24) is 15.1 Å². The maximum absolute atomic E-state index is 13.1. The molecule has 2 amide bonds. The van der Waals surface area contributed by atoms with Gasteiger partial charge in [0.25, 0.3) is 0 Å². The topological polar surface area (TPSA) is 61.9 Å². The van der Waals surface area contributed by atoms with E-state index < -0.39 is 0 Å². The number of ether oxygens (including phenoxy) is 1. The summed E-state index contributed by atoms with van der Waals surface area (Å²) in [5.74, 6) is 0.793. The van der Waals surface area contributed by atoms with Crippen molar-refractivity contribution in [3.05, 3.63) is 65.7 Å². The molecule has 2 fully saturated rings. The molecule has 0 radical (unpaired) electrons. The van der Waals surface area contributed by atoms with Crippen LogP contribution in [0.1, 0.15) is 49.7 Å². The highest BCUT2D eigenvalue weighted by Crippen LogP contribution is 2.33. The fourth-order valence-corrected chi connectivity index (χ4v) is 4.74. The molecule has 1 saturated heterocycles. The summed E-state index contributed by atoms with van der Waals surface area (Å²) in [5.41, 5.74) is 2.27. The van der Waals surface area contributed by atoms with Crippen molar-refractivity contribution in [2.75, 3.05) is 20.2 Å². The molecule has 0 bridgehead atoms. The number of nitrogens with zero attached hydrogens (tertiary/aromatic N) is 2. The second-order valence-corrected chi connectivity index (χ2v) is 9.11. The summed E-state index contributed by atoms with van der Waals surface area (Å²) in [6.45, 7) is 3.39. The van der Waals surface area contributed by atoms with Gasteiger partial charge in [-0.25, -0.2) is 0 Å². The van der Waals surface area contributed by atoms with Gasteiger partial charge in [-0.05, 0) is 37.3 Å². The van der Waals surface area contributed by atoms with Crippen molar-refractivity contribution in [2.24, 2.45) is 0 Å². The molecule has 1 saturated carbocycles. The molecule has 4 rings (SSSR count). The molecule has 1 N–H and O–H groups in total. The maximum Gasteiger partial charge on any atom is 0.223 e. The van der Waals surface area contributed by atoms with E-state index in [0.29, 0.717) is 18.6 Å². The number of nitrogens with one attached hydrogen (secondary N) is 1. The van der Waals surface area contributed by atoms with Crippen molar-refractivity contribution in [3.8, 4) is 5.75 Å². The van der Waals surface area contributed by atoms with Crippen LogP contribution in [0.5, 0.6) is 5.75 Å². The third-order valence-corrected chi connectivity index (χ3v) is 6.66. The van der Waals surface area contributed by atoms with Crippen LogP contribution in [-0.4, -0.2) is 53.9 Å². The quantitative estimate of drug-likeness (QED) is 0.600. The minimum absolute atomic E-state index is 0.0947. The maximum atomic E-state index is 13.1. The number of rotatable bonds is 10. The highest BCUT2D eigenvalue weighted by atomic mass is 16.5. The predicted octanol–water partition coefficient (Wildman–Crippen LogP) is 3.75. The Hall–Kier alpha value is -2.86. The average molecular weight is 450 g/mol. The van der Waals surface area contributed by atoms with E-state index in [1.807, 2.05) is 30.3 Å². The molecule has 6 heteroatoms. The average Bonchev–Trinajstić information content (AvgIpc) is 3.68. The van der Waals surface area contributed by atoms with Crippen LogP contribution in [0.3, 0.4) is 0 Å². The third kappa shape index (κ3) is 6.57. The van der Waals surface area contributed by atoms with Crippen LogP contribution in [0.15, 0.2) is 54.6 Å². The largest absolute Gasteiger partial charge is 0.496 e. The van der Waals surface area contributed by atoms with Crippen molar-refractivity contribution in [3.63, 3.8) is 0 Å². The van der Waals surface area contributed by atoms with Crippen molar-refractivity contribution in [1.29, 1.82) is 0 Å². The molecule has 6 nitrogen and oxygen atoms in total. The monoisotopic (exact) mass is 449 g/mol. The molecule has 0 atom stereocenters. The molecular formula is C27H35N3O3. The number of carbonyl (C=O) groups excluding carboxylic acids is 2. The molecular weight excluding hydrogens is 414 g/mol. The standard InChI is InChI=1S/C27H35N3O3/c1-33-25-10-6-5-9-22(25)19-28-26(31)13-14-27(32)30(23-11-12-23)24-15-17-29(18-16-24)20-21-7-3-2-4-8-21/h2-10,23-24H,11-20H2,1H3,(H,28,31). The lowest BCUT2D eigenvalue weighted by Gasteiger charge is -2.39. The first-order chi connectivity index (χ1) is 16.1. The Kier molecular flexibility index (Phi) is 8.00. The van der Waals surface area contributed by atoms with Crippen LogP contribution in [0, 0.1) is 0 Å². The zero-order valence-corrected chi connectivity index (χ0v) is 19.5. The van der Waals surface area contributed by atoms with Gasteiger partial charge in [-0.2, -0.15) is 0 Å². The number of piperidine rings is 1. The van der Waals surface area contributed by atoms with Crippen molar-refractivity contribution < 1.29 is 14.3 Å². The fraction of sp³-hybridized carbons (Fsp3) is 0.481. The van der Waals surface area contributed by atoms with Crippen LogP contribution in [0.2, 0.25) is 0 Å². The lowest BCUT2D eigenvalue weighted by Crippen LogP contribution is -2.48. The highest BCUT2D eigenvalue weighted by molar-refractivity contribution is 5.84. The zero-order chi connectivity index (χ0) is 23.0. The second kappa shape index (κ2) is 11.3. The van der Waals surface area contributed by atoms with Crippen molar-refractivity contribution in [2.45, 2.75) is 63.7 Å². The van der Waals surface area contributed by atoms with Gasteiger partial charge in [0.15, 0.2) is 0 Å². The Morgan fingerprint density at radius 3 is 2.30 bits per heavy atom. The molecule has 2 aromatic rings. The van der Waals surface area contributed by atoms with Crippen LogP contribution in [-0.2, 0) is 22.7 Å². The summed E-state index contributed by atoms with van der Waals surface area (Å²) in [6, 6.07) is 18.9. The third-order valence-electron chi connectivity index (χ3n) is 6.66. The van der Waals surface area contributed by atoms with Crippen LogP contribution >= 0.6 is 0 Å². The van der Waals surface area contributed by atoms with Gasteiger partial charge in [-0.3, -0.25) is 14.5 Å². The van der Waals surface area contributed by atoms with E-state index in [1.54, 1.807) is 7.11 Å². The molecule has 2 aromatic carbocycles. The molecule has 1 aliphatic heterocycles. The highest BCUT2D eigenvalue weighted by Gasteiger charge is 2.38. The molecule has 176 valence electrons. The molecule has 2 aliphatic rings. The Morgan fingerprint density at radius 2 is 1.61 bits per heavy atom. The number of para-hydroxylation sites is 1. The summed E-state index contributed by atoms with van der Waals surface area (Å²) in [6.07, 6.45) is 4.71. The molecule has 0 aromatic heterocycles. The normalized spacial score (nSPS) is 16.9. The Bertz CT molecular complexity index is 921. The predicted molar refractivity (Wildman–Crippen MR) is 129 cm³/mol. The first-order valence-corrected chi connectivity index (χ1v) is 12.1. The summed E-state index contributed by atoms with van der Waals surface area (Å²) in [7, 11) is 1.62. The van der Waals surface area contributed by atoms with E-state index >= 15 is 0 Å². The minimum atomic E-state index is -0.0947. The second-order valence-electron chi connectivity index (χ2n) is 9.11. The van der Waals surface area contributed by atoms with Gasteiger partial charge in [0, 0.05) is 56.7 Å². The first kappa shape index (κ1) is 23.3. The Labute approximate surface area is 196 Å². The van der Waals surface area contributed by atoms with Gasteiger partial charge in [-0.15, -0.1) is 0 Å².